The third kappa shape index (κ3) is 16.4. The zero-order valence-corrected chi connectivity index (χ0v) is 15.6. The van der Waals surface area contributed by atoms with Gasteiger partial charge in [0.1, 0.15) is 0 Å². The number of rotatable bonds is 11. The minimum atomic E-state index is -1.15. The predicted molar refractivity (Wildman–Crippen MR) is 99.7 cm³/mol. The normalized spacial score (nSPS) is 11.4. The number of carbonyl (C=O) groups is 2. The number of carboxylic acids is 1. The largest absolute Gasteiger partial charge is 0.479 e. The number of hydrogen-bond acceptors (Lipinski definition) is 3. The van der Waals surface area contributed by atoms with Gasteiger partial charge in [0, 0.05) is 12.8 Å². The van der Waals surface area contributed by atoms with Gasteiger partial charge in [0.05, 0.1) is 0 Å². The molecule has 0 radical (unpaired) electrons. The molecule has 1 unspecified atom stereocenters. The van der Waals surface area contributed by atoms with E-state index in [9.17, 15) is 9.59 Å². The Hall–Kier alpha value is -2.20. The monoisotopic (exact) mass is 346 g/mol. The minimum absolute atomic E-state index is 0.163. The summed E-state index contributed by atoms with van der Waals surface area (Å²) in [7, 11) is 0. The van der Waals surface area contributed by atoms with E-state index in [4.69, 9.17) is 9.84 Å². The van der Waals surface area contributed by atoms with E-state index in [0.29, 0.717) is 12.8 Å². The number of unbranched alkanes of at least 4 members (excludes halogenated alkanes) is 4. The molecule has 0 aliphatic rings. The van der Waals surface area contributed by atoms with E-state index in [0.717, 1.165) is 12.3 Å². The summed E-state index contributed by atoms with van der Waals surface area (Å²) >= 11 is 0. The number of esters is 1. The molecule has 0 aliphatic carbocycles. The topological polar surface area (TPSA) is 63.6 Å². The zero-order valence-electron chi connectivity index (χ0n) is 15.6. The first-order chi connectivity index (χ1) is 11.9. The van der Waals surface area contributed by atoms with Crippen LogP contribution in [0, 0.1) is 29.6 Å². The van der Waals surface area contributed by atoms with Gasteiger partial charge in [0.2, 0.25) is 0 Å². The van der Waals surface area contributed by atoms with Gasteiger partial charge in [0.25, 0.3) is 0 Å². The molecular weight excluding hydrogens is 316 g/mol. The molecular formula is C21H30O4. The van der Waals surface area contributed by atoms with Gasteiger partial charge in [-0.1, -0.05) is 51.0 Å². The summed E-state index contributed by atoms with van der Waals surface area (Å²) in [6, 6.07) is 0. The summed E-state index contributed by atoms with van der Waals surface area (Å²) in [4.78, 5) is 21.8. The van der Waals surface area contributed by atoms with Gasteiger partial charge >= 0.3 is 11.9 Å². The maximum atomic E-state index is 11.3. The summed E-state index contributed by atoms with van der Waals surface area (Å²) in [5.74, 6) is 10.3. The van der Waals surface area contributed by atoms with Crippen molar-refractivity contribution in [2.24, 2.45) is 5.92 Å². The summed E-state index contributed by atoms with van der Waals surface area (Å²) < 4.78 is 4.71. The molecule has 4 heteroatoms. The van der Waals surface area contributed by atoms with Crippen LogP contribution in [0.1, 0.15) is 72.1 Å². The smallest absolute Gasteiger partial charge is 0.344 e. The maximum absolute atomic E-state index is 11.3. The van der Waals surface area contributed by atoms with Crippen molar-refractivity contribution in [3.05, 3.63) is 12.2 Å². The lowest BCUT2D eigenvalue weighted by Gasteiger charge is -2.07. The van der Waals surface area contributed by atoms with E-state index < -0.39 is 18.0 Å². The average molecular weight is 346 g/mol. The van der Waals surface area contributed by atoms with Gasteiger partial charge in [-0.2, -0.15) is 0 Å². The highest BCUT2D eigenvalue weighted by Gasteiger charge is 2.15. The first-order valence-electron chi connectivity index (χ1n) is 8.99. The van der Waals surface area contributed by atoms with Gasteiger partial charge in [-0.3, -0.25) is 4.79 Å². The molecule has 138 valence electrons. The predicted octanol–water partition coefficient (Wildman–Crippen LogP) is 4.34. The van der Waals surface area contributed by atoms with E-state index in [-0.39, 0.29) is 6.42 Å². The fourth-order valence-electron chi connectivity index (χ4n) is 1.95. The van der Waals surface area contributed by atoms with Crippen LogP contribution in [0.15, 0.2) is 12.2 Å². The van der Waals surface area contributed by atoms with Crippen molar-refractivity contribution in [3.63, 3.8) is 0 Å². The lowest BCUT2D eigenvalue weighted by Crippen LogP contribution is -2.23. The van der Waals surface area contributed by atoms with E-state index in [1.165, 1.54) is 32.6 Å². The van der Waals surface area contributed by atoms with Crippen LogP contribution in [0.2, 0.25) is 0 Å². The van der Waals surface area contributed by atoms with Crippen LogP contribution in [0.5, 0.6) is 0 Å². The maximum Gasteiger partial charge on any atom is 0.344 e. The Bertz CT molecular complexity index is 538. The highest BCUT2D eigenvalue weighted by molar-refractivity contribution is 5.77. The second-order valence-electron chi connectivity index (χ2n) is 6.33. The molecule has 25 heavy (non-hydrogen) atoms. The van der Waals surface area contributed by atoms with Gasteiger partial charge < -0.3 is 9.84 Å². The molecule has 0 aromatic rings. The number of carbonyl (C=O) groups excluding carboxylic acids is 1. The van der Waals surface area contributed by atoms with Crippen LogP contribution >= 0.6 is 0 Å². The number of hydrogen-bond donors (Lipinski definition) is 1. The first-order valence-corrected chi connectivity index (χ1v) is 8.99. The van der Waals surface area contributed by atoms with Crippen LogP contribution in [0.3, 0.4) is 0 Å². The molecule has 0 aliphatic heterocycles. The highest BCUT2D eigenvalue weighted by Crippen LogP contribution is 2.09. The third-order valence-corrected chi connectivity index (χ3v) is 3.42. The van der Waals surface area contributed by atoms with Crippen molar-refractivity contribution < 1.29 is 19.4 Å². The van der Waals surface area contributed by atoms with Crippen LogP contribution in [0.4, 0.5) is 0 Å². The van der Waals surface area contributed by atoms with E-state index >= 15 is 0 Å². The second kappa shape index (κ2) is 15.3. The summed E-state index contributed by atoms with van der Waals surface area (Å²) in [6.07, 6.45) is 10.2. The molecule has 0 amide bonds. The third-order valence-electron chi connectivity index (χ3n) is 3.42. The molecule has 0 saturated heterocycles. The van der Waals surface area contributed by atoms with E-state index in [2.05, 4.69) is 43.6 Å². The Labute approximate surface area is 152 Å². The van der Waals surface area contributed by atoms with Crippen LogP contribution < -0.4 is 0 Å². The van der Waals surface area contributed by atoms with Crippen molar-refractivity contribution in [2.45, 2.75) is 78.2 Å². The SMILES string of the molecule is CC(C)CCCCCC=CC#CC#CCCCC(=O)OC(C)C(=O)O. The van der Waals surface area contributed by atoms with Crippen molar-refractivity contribution in [3.8, 4) is 23.7 Å². The second-order valence-corrected chi connectivity index (χ2v) is 6.33. The lowest BCUT2D eigenvalue weighted by molar-refractivity contribution is -0.162. The fraction of sp³-hybridized carbons (Fsp3) is 0.619. The summed E-state index contributed by atoms with van der Waals surface area (Å²) in [5.41, 5.74) is 0. The molecule has 0 spiro atoms. The Kier molecular flexibility index (Phi) is 14.0. The van der Waals surface area contributed by atoms with Crippen molar-refractivity contribution in [1.29, 1.82) is 0 Å². The van der Waals surface area contributed by atoms with Gasteiger partial charge in [0.15, 0.2) is 6.10 Å². The molecule has 0 saturated carbocycles. The molecule has 0 heterocycles. The van der Waals surface area contributed by atoms with E-state index in [1.807, 2.05) is 6.08 Å². The molecule has 1 N–H and O–H groups in total. The first kappa shape index (κ1) is 22.8. The number of ether oxygens (including phenoxy) is 1. The van der Waals surface area contributed by atoms with Gasteiger partial charge in [-0.15, -0.1) is 0 Å². The Morgan fingerprint density at radius 3 is 2.52 bits per heavy atom. The molecule has 0 fully saturated rings. The molecule has 0 bridgehead atoms. The zero-order chi connectivity index (χ0) is 18.9. The summed E-state index contributed by atoms with van der Waals surface area (Å²) in [6.45, 7) is 5.83. The molecule has 0 rings (SSSR count). The Balaban J connectivity index is 3.68. The van der Waals surface area contributed by atoms with E-state index in [1.54, 1.807) is 0 Å². The standard InChI is InChI=1S/C21H30O4/c1-18(2)16-14-12-10-8-6-4-5-7-9-11-13-15-17-20(22)25-19(3)21(23)24/h4,6,18-19H,8,10,12-17H2,1-3H3,(H,23,24). The minimum Gasteiger partial charge on any atom is -0.479 e. The number of aliphatic carboxylic acids is 1. The lowest BCUT2D eigenvalue weighted by atomic mass is 10.0. The Morgan fingerprint density at radius 1 is 1.08 bits per heavy atom. The molecule has 0 aromatic heterocycles. The van der Waals surface area contributed by atoms with Crippen molar-refractivity contribution in [1.82, 2.24) is 0 Å². The van der Waals surface area contributed by atoms with Crippen LogP contribution in [0.25, 0.3) is 0 Å². The number of allylic oxidation sites excluding steroid dienone is 2. The Morgan fingerprint density at radius 2 is 1.84 bits per heavy atom. The highest BCUT2D eigenvalue weighted by atomic mass is 16.6. The van der Waals surface area contributed by atoms with Crippen molar-refractivity contribution in [2.75, 3.05) is 0 Å². The van der Waals surface area contributed by atoms with Crippen molar-refractivity contribution >= 4 is 11.9 Å². The molecule has 1 atom stereocenters. The van der Waals surface area contributed by atoms with Crippen LogP contribution in [-0.2, 0) is 14.3 Å². The fourth-order valence-corrected chi connectivity index (χ4v) is 1.95. The average Bonchev–Trinajstić information content (AvgIpc) is 2.54. The van der Waals surface area contributed by atoms with Gasteiger partial charge in [-0.25, -0.2) is 4.79 Å². The number of carboxylic acid groups (broad SMARTS) is 1. The quantitative estimate of drug-likeness (QED) is 0.343. The summed E-state index contributed by atoms with van der Waals surface area (Å²) in [5, 5.41) is 8.61. The molecule has 4 nitrogen and oxygen atoms in total. The molecule has 0 aromatic carbocycles. The van der Waals surface area contributed by atoms with Gasteiger partial charge in [-0.05, 0) is 50.0 Å². The van der Waals surface area contributed by atoms with Crippen LogP contribution in [-0.4, -0.2) is 23.1 Å².